The Bertz CT molecular complexity index is 1080. The number of aromatic amines is 1. The molecule has 0 unspecified atom stereocenters. The largest absolute Gasteiger partial charge is 0.338 e. The summed E-state index contributed by atoms with van der Waals surface area (Å²) in [5.74, 6) is 0.905. The van der Waals surface area contributed by atoms with Gasteiger partial charge in [-0.2, -0.15) is 0 Å². The molecule has 5 rings (SSSR count). The number of hydrogen-bond donors (Lipinski definition) is 2. The molecule has 27 heavy (non-hydrogen) atoms. The third-order valence-corrected chi connectivity index (χ3v) is 5.32. The maximum Gasteiger partial charge on any atom is 0.235 e. The zero-order valence-corrected chi connectivity index (χ0v) is 14.8. The molecule has 0 aliphatic heterocycles. The summed E-state index contributed by atoms with van der Waals surface area (Å²) in [5, 5.41) is 3.08. The van der Waals surface area contributed by atoms with Crippen molar-refractivity contribution in [2.75, 3.05) is 5.32 Å². The normalized spacial score (nSPS) is 14.8. The van der Waals surface area contributed by atoms with E-state index in [0.29, 0.717) is 0 Å². The molecule has 1 amide bonds. The van der Waals surface area contributed by atoms with Gasteiger partial charge in [-0.25, -0.2) is 4.98 Å². The molecule has 1 saturated carbocycles. The van der Waals surface area contributed by atoms with Gasteiger partial charge in [-0.15, -0.1) is 0 Å². The number of para-hydroxylation sites is 2. The predicted octanol–water partition coefficient (Wildman–Crippen LogP) is 4.90. The highest BCUT2D eigenvalue weighted by molar-refractivity contribution is 6.01. The first-order chi connectivity index (χ1) is 13.2. The van der Waals surface area contributed by atoms with Crippen molar-refractivity contribution in [3.05, 3.63) is 84.4 Å². The Morgan fingerprint density at radius 1 is 0.889 bits per heavy atom. The van der Waals surface area contributed by atoms with E-state index in [0.717, 1.165) is 46.5 Å². The quantitative estimate of drug-likeness (QED) is 0.548. The van der Waals surface area contributed by atoms with Crippen LogP contribution in [0.5, 0.6) is 0 Å². The van der Waals surface area contributed by atoms with E-state index in [-0.39, 0.29) is 11.3 Å². The van der Waals surface area contributed by atoms with Crippen LogP contribution in [0, 0.1) is 0 Å². The van der Waals surface area contributed by atoms with E-state index in [2.05, 4.69) is 15.3 Å². The number of carbonyl (C=O) groups is 1. The highest BCUT2D eigenvalue weighted by Crippen LogP contribution is 2.48. The molecule has 0 spiro atoms. The minimum absolute atomic E-state index is 0.0742. The summed E-state index contributed by atoms with van der Waals surface area (Å²) in [6.45, 7) is 0. The van der Waals surface area contributed by atoms with Crippen LogP contribution in [0.25, 0.3) is 22.4 Å². The molecule has 0 atom stereocenters. The van der Waals surface area contributed by atoms with Crippen LogP contribution >= 0.6 is 0 Å². The summed E-state index contributed by atoms with van der Waals surface area (Å²) in [6, 6.07) is 25.8. The van der Waals surface area contributed by atoms with E-state index in [4.69, 9.17) is 0 Å². The van der Waals surface area contributed by atoms with E-state index in [1.165, 1.54) is 0 Å². The van der Waals surface area contributed by atoms with Crippen LogP contribution in [0.3, 0.4) is 0 Å². The smallest absolute Gasteiger partial charge is 0.235 e. The van der Waals surface area contributed by atoms with Gasteiger partial charge in [-0.05, 0) is 54.8 Å². The molecule has 4 nitrogen and oxygen atoms in total. The first-order valence-corrected chi connectivity index (χ1v) is 9.17. The van der Waals surface area contributed by atoms with E-state index < -0.39 is 0 Å². The molecule has 0 bridgehead atoms. The lowest BCUT2D eigenvalue weighted by atomic mass is 9.95. The molecule has 1 aliphatic carbocycles. The van der Waals surface area contributed by atoms with Gasteiger partial charge in [0.2, 0.25) is 5.91 Å². The van der Waals surface area contributed by atoms with Crippen molar-refractivity contribution in [2.24, 2.45) is 0 Å². The standard InChI is InChI=1S/C23H19N3O/c27-22(23(14-15-23)17-6-2-1-3-7-17)24-18-12-10-16(11-13-18)21-25-19-8-4-5-9-20(19)26-21/h1-13H,14-15H2,(H,24,27)(H,25,26). The van der Waals surface area contributed by atoms with Gasteiger partial charge in [0.15, 0.2) is 0 Å². The fourth-order valence-electron chi connectivity index (χ4n) is 3.58. The number of benzene rings is 3. The summed E-state index contributed by atoms with van der Waals surface area (Å²) in [7, 11) is 0. The molecule has 4 aromatic rings. The number of fused-ring (bicyclic) bond motifs is 1. The Labute approximate surface area is 157 Å². The molecule has 3 aromatic carbocycles. The maximum atomic E-state index is 12.8. The third kappa shape index (κ3) is 2.79. The van der Waals surface area contributed by atoms with E-state index in [1.54, 1.807) is 0 Å². The van der Waals surface area contributed by atoms with Crippen molar-refractivity contribution >= 4 is 22.6 Å². The summed E-state index contributed by atoms with van der Waals surface area (Å²) >= 11 is 0. The SMILES string of the molecule is O=C(Nc1ccc(-c2nc3ccccc3[nH]2)cc1)C1(c2ccccc2)CC1. The van der Waals surface area contributed by atoms with Gasteiger partial charge >= 0.3 is 0 Å². The van der Waals surface area contributed by atoms with Crippen LogP contribution in [-0.4, -0.2) is 15.9 Å². The maximum absolute atomic E-state index is 12.8. The first-order valence-electron chi connectivity index (χ1n) is 9.17. The highest BCUT2D eigenvalue weighted by Gasteiger charge is 2.51. The number of nitrogens with zero attached hydrogens (tertiary/aromatic N) is 1. The Morgan fingerprint density at radius 3 is 2.30 bits per heavy atom. The Balaban J connectivity index is 1.36. The lowest BCUT2D eigenvalue weighted by Crippen LogP contribution is -2.27. The van der Waals surface area contributed by atoms with E-state index in [1.807, 2.05) is 78.9 Å². The van der Waals surface area contributed by atoms with Crippen molar-refractivity contribution in [1.82, 2.24) is 9.97 Å². The Hall–Kier alpha value is -3.40. The topological polar surface area (TPSA) is 57.8 Å². The zero-order chi connectivity index (χ0) is 18.3. The molecule has 132 valence electrons. The second-order valence-electron chi connectivity index (χ2n) is 7.08. The number of rotatable bonds is 4. The Morgan fingerprint density at radius 2 is 1.59 bits per heavy atom. The lowest BCUT2D eigenvalue weighted by Gasteiger charge is -2.16. The van der Waals surface area contributed by atoms with Crippen LogP contribution in [0.4, 0.5) is 5.69 Å². The number of nitrogens with one attached hydrogen (secondary N) is 2. The van der Waals surface area contributed by atoms with Crippen molar-refractivity contribution in [2.45, 2.75) is 18.3 Å². The van der Waals surface area contributed by atoms with Crippen LogP contribution in [0.2, 0.25) is 0 Å². The van der Waals surface area contributed by atoms with Crippen molar-refractivity contribution in [1.29, 1.82) is 0 Å². The second kappa shape index (κ2) is 6.09. The molecule has 0 saturated heterocycles. The van der Waals surface area contributed by atoms with Gasteiger partial charge < -0.3 is 10.3 Å². The summed E-state index contributed by atoms with van der Waals surface area (Å²) in [5.41, 5.74) is 4.50. The number of hydrogen-bond acceptors (Lipinski definition) is 2. The fourth-order valence-corrected chi connectivity index (χ4v) is 3.58. The van der Waals surface area contributed by atoms with Crippen LogP contribution in [0.1, 0.15) is 18.4 Å². The minimum Gasteiger partial charge on any atom is -0.338 e. The summed E-state index contributed by atoms with van der Waals surface area (Å²) < 4.78 is 0. The zero-order valence-electron chi connectivity index (χ0n) is 14.8. The van der Waals surface area contributed by atoms with Gasteiger partial charge in [-0.3, -0.25) is 4.79 Å². The minimum atomic E-state index is -0.362. The second-order valence-corrected chi connectivity index (χ2v) is 7.08. The van der Waals surface area contributed by atoms with Crippen molar-refractivity contribution < 1.29 is 4.79 Å². The number of carbonyl (C=O) groups excluding carboxylic acids is 1. The number of imidazole rings is 1. The molecule has 1 fully saturated rings. The Kier molecular flexibility index (Phi) is 3.57. The number of anilines is 1. The molecule has 0 radical (unpaired) electrons. The lowest BCUT2D eigenvalue weighted by molar-refractivity contribution is -0.118. The van der Waals surface area contributed by atoms with Gasteiger partial charge in [0, 0.05) is 11.3 Å². The highest BCUT2D eigenvalue weighted by atomic mass is 16.2. The monoisotopic (exact) mass is 353 g/mol. The molecular weight excluding hydrogens is 334 g/mol. The fraction of sp³-hybridized carbons (Fsp3) is 0.130. The van der Waals surface area contributed by atoms with Gasteiger partial charge in [0.1, 0.15) is 5.82 Å². The van der Waals surface area contributed by atoms with Crippen LogP contribution < -0.4 is 5.32 Å². The van der Waals surface area contributed by atoms with Crippen molar-refractivity contribution in [3.8, 4) is 11.4 Å². The number of aromatic nitrogens is 2. The molecule has 1 heterocycles. The molecule has 4 heteroatoms. The van der Waals surface area contributed by atoms with Crippen LogP contribution in [-0.2, 0) is 10.2 Å². The average molecular weight is 353 g/mol. The summed E-state index contributed by atoms with van der Waals surface area (Å²) in [4.78, 5) is 20.8. The van der Waals surface area contributed by atoms with Crippen LogP contribution in [0.15, 0.2) is 78.9 Å². The molecule has 1 aromatic heterocycles. The van der Waals surface area contributed by atoms with Gasteiger partial charge in [-0.1, -0.05) is 42.5 Å². The molecule has 2 N–H and O–H groups in total. The molecular formula is C23H19N3O. The predicted molar refractivity (Wildman–Crippen MR) is 108 cm³/mol. The average Bonchev–Trinajstić information content (AvgIpc) is 3.42. The third-order valence-electron chi connectivity index (χ3n) is 5.32. The summed E-state index contributed by atoms with van der Waals surface area (Å²) in [6.07, 6.45) is 1.81. The number of H-pyrrole nitrogens is 1. The number of amides is 1. The van der Waals surface area contributed by atoms with Gasteiger partial charge in [0.05, 0.1) is 16.4 Å². The van der Waals surface area contributed by atoms with E-state index >= 15 is 0 Å². The van der Waals surface area contributed by atoms with Gasteiger partial charge in [0.25, 0.3) is 0 Å². The van der Waals surface area contributed by atoms with E-state index in [9.17, 15) is 4.79 Å². The molecule has 1 aliphatic rings. The van der Waals surface area contributed by atoms with Crippen molar-refractivity contribution in [3.63, 3.8) is 0 Å². The first kappa shape index (κ1) is 15.8.